The van der Waals surface area contributed by atoms with Crippen LogP contribution in [0.4, 0.5) is 5.69 Å². The fourth-order valence-corrected chi connectivity index (χ4v) is 5.17. The second-order valence-corrected chi connectivity index (χ2v) is 9.19. The minimum absolute atomic E-state index is 0.218. The molecule has 2 aromatic carbocycles. The molecule has 1 aliphatic rings. The highest BCUT2D eigenvalue weighted by atomic mass is 32.1. The predicted molar refractivity (Wildman–Crippen MR) is 135 cm³/mol. The highest BCUT2D eigenvalue weighted by Gasteiger charge is 2.32. The average Bonchev–Trinajstić information content (AvgIpc) is 3.48. The van der Waals surface area contributed by atoms with E-state index >= 15 is 0 Å². The maximum Gasteiger partial charge on any atom is 0.271 e. The third-order valence-electron chi connectivity index (χ3n) is 5.93. The SMILES string of the molecule is COc1ccc([C@H]2C(C(=O)Nc3ccccc3C)=C(C)N=c3s/c(=C/c4ccoc4)c(=O)n32)cc1. The van der Waals surface area contributed by atoms with Gasteiger partial charge < -0.3 is 14.5 Å². The van der Waals surface area contributed by atoms with Crippen LogP contribution in [0.5, 0.6) is 5.75 Å². The minimum Gasteiger partial charge on any atom is -0.497 e. The van der Waals surface area contributed by atoms with Crippen molar-refractivity contribution in [3.8, 4) is 5.75 Å². The molecule has 1 aliphatic heterocycles. The Morgan fingerprint density at radius 2 is 1.91 bits per heavy atom. The van der Waals surface area contributed by atoms with E-state index in [1.54, 1.807) is 43.3 Å². The number of aromatic nitrogens is 1. The number of carbonyl (C=O) groups is 1. The first-order chi connectivity index (χ1) is 17.0. The largest absolute Gasteiger partial charge is 0.497 e. The van der Waals surface area contributed by atoms with Gasteiger partial charge in [0, 0.05) is 11.3 Å². The second-order valence-electron chi connectivity index (χ2n) is 8.18. The van der Waals surface area contributed by atoms with Gasteiger partial charge in [-0.3, -0.25) is 14.2 Å². The van der Waals surface area contributed by atoms with Crippen LogP contribution in [0.25, 0.3) is 6.08 Å². The summed E-state index contributed by atoms with van der Waals surface area (Å²) in [7, 11) is 1.60. The van der Waals surface area contributed by atoms with E-state index in [1.165, 1.54) is 11.3 Å². The molecule has 1 atom stereocenters. The number of benzene rings is 2. The molecule has 35 heavy (non-hydrogen) atoms. The number of amides is 1. The molecule has 0 spiro atoms. The van der Waals surface area contributed by atoms with Crippen molar-refractivity contribution in [1.29, 1.82) is 0 Å². The van der Waals surface area contributed by atoms with Crippen LogP contribution in [0, 0.1) is 6.92 Å². The lowest BCUT2D eigenvalue weighted by Crippen LogP contribution is -2.40. The van der Waals surface area contributed by atoms with Crippen molar-refractivity contribution in [2.45, 2.75) is 19.9 Å². The minimum atomic E-state index is -0.646. The Morgan fingerprint density at radius 3 is 2.60 bits per heavy atom. The van der Waals surface area contributed by atoms with Crippen LogP contribution in [0.2, 0.25) is 0 Å². The molecule has 176 valence electrons. The summed E-state index contributed by atoms with van der Waals surface area (Å²) >= 11 is 1.29. The van der Waals surface area contributed by atoms with Crippen LogP contribution in [-0.4, -0.2) is 17.6 Å². The highest BCUT2D eigenvalue weighted by Crippen LogP contribution is 2.32. The molecule has 0 saturated heterocycles. The van der Waals surface area contributed by atoms with Crippen molar-refractivity contribution in [2.24, 2.45) is 4.99 Å². The number of thiazole rings is 1. The number of para-hydroxylation sites is 1. The topological polar surface area (TPSA) is 85.8 Å². The molecule has 3 heterocycles. The lowest BCUT2D eigenvalue weighted by molar-refractivity contribution is -0.113. The summed E-state index contributed by atoms with van der Waals surface area (Å²) in [6.45, 7) is 3.74. The van der Waals surface area contributed by atoms with Crippen molar-refractivity contribution in [2.75, 3.05) is 12.4 Å². The number of nitrogens with zero attached hydrogens (tertiary/aromatic N) is 2. The summed E-state index contributed by atoms with van der Waals surface area (Å²) in [5.41, 5.74) is 3.98. The van der Waals surface area contributed by atoms with Crippen LogP contribution in [0.1, 0.15) is 29.7 Å². The molecule has 1 N–H and O–H groups in total. The van der Waals surface area contributed by atoms with Crippen molar-refractivity contribution >= 4 is 29.0 Å². The fraction of sp³-hybridized carbons (Fsp3) is 0.148. The van der Waals surface area contributed by atoms with Gasteiger partial charge in [0.1, 0.15) is 5.75 Å². The van der Waals surface area contributed by atoms with Crippen molar-refractivity contribution < 1.29 is 13.9 Å². The molecule has 0 aliphatic carbocycles. The van der Waals surface area contributed by atoms with E-state index in [0.29, 0.717) is 32.0 Å². The van der Waals surface area contributed by atoms with Crippen LogP contribution in [0.15, 0.2) is 92.6 Å². The fourth-order valence-electron chi connectivity index (χ4n) is 4.12. The van der Waals surface area contributed by atoms with E-state index in [-0.39, 0.29) is 11.5 Å². The van der Waals surface area contributed by atoms with Crippen molar-refractivity contribution in [3.63, 3.8) is 0 Å². The monoisotopic (exact) mass is 485 g/mol. The molecule has 0 radical (unpaired) electrons. The third kappa shape index (κ3) is 4.24. The van der Waals surface area contributed by atoms with Crippen molar-refractivity contribution in [1.82, 2.24) is 4.57 Å². The predicted octanol–water partition coefficient (Wildman–Crippen LogP) is 3.78. The first-order valence-corrected chi connectivity index (χ1v) is 11.8. The number of aryl methyl sites for hydroxylation is 1. The third-order valence-corrected chi connectivity index (χ3v) is 6.92. The number of furan rings is 1. The highest BCUT2D eigenvalue weighted by molar-refractivity contribution is 7.07. The number of carbonyl (C=O) groups excluding carboxylic acids is 1. The van der Waals surface area contributed by atoms with Crippen molar-refractivity contribution in [3.05, 3.63) is 115 Å². The lowest BCUT2D eigenvalue weighted by atomic mass is 9.95. The molecular weight excluding hydrogens is 462 g/mol. The zero-order valence-electron chi connectivity index (χ0n) is 19.4. The zero-order valence-corrected chi connectivity index (χ0v) is 20.3. The zero-order chi connectivity index (χ0) is 24.5. The van der Waals surface area contributed by atoms with E-state index in [4.69, 9.17) is 9.15 Å². The molecule has 0 saturated carbocycles. The number of allylic oxidation sites excluding steroid dienone is 1. The normalized spacial score (nSPS) is 15.5. The number of ether oxygens (including phenoxy) is 1. The Kier molecular flexibility index (Phi) is 5.96. The molecule has 5 rings (SSSR count). The lowest BCUT2D eigenvalue weighted by Gasteiger charge is -2.25. The molecular formula is C27H23N3O4S. The summed E-state index contributed by atoms with van der Waals surface area (Å²) in [4.78, 5) is 32.4. The maximum absolute atomic E-state index is 13.6. The Morgan fingerprint density at radius 1 is 1.14 bits per heavy atom. The number of hydrogen-bond donors (Lipinski definition) is 1. The van der Waals surface area contributed by atoms with E-state index in [2.05, 4.69) is 10.3 Å². The van der Waals surface area contributed by atoms with Crippen LogP contribution in [-0.2, 0) is 4.79 Å². The first kappa shape index (κ1) is 22.6. The van der Waals surface area contributed by atoms with Crippen LogP contribution in [0.3, 0.4) is 0 Å². The molecule has 2 aromatic heterocycles. The number of anilines is 1. The Hall–Kier alpha value is -4.17. The van der Waals surface area contributed by atoms with Crippen LogP contribution < -0.4 is 24.9 Å². The number of nitrogens with one attached hydrogen (secondary N) is 1. The van der Waals surface area contributed by atoms with E-state index in [1.807, 2.05) is 55.5 Å². The molecule has 0 bridgehead atoms. The summed E-state index contributed by atoms with van der Waals surface area (Å²) in [5, 5.41) is 3.01. The van der Waals surface area contributed by atoms with Crippen LogP contribution >= 0.6 is 11.3 Å². The van der Waals surface area contributed by atoms with Gasteiger partial charge in [-0.2, -0.15) is 0 Å². The molecule has 1 amide bonds. The van der Waals surface area contributed by atoms with Gasteiger partial charge in [0.25, 0.3) is 11.5 Å². The Bertz CT molecular complexity index is 1610. The summed E-state index contributed by atoms with van der Waals surface area (Å²) in [6, 6.07) is 16.1. The van der Waals surface area contributed by atoms with E-state index in [9.17, 15) is 9.59 Å². The summed E-state index contributed by atoms with van der Waals surface area (Å²) in [6.07, 6.45) is 4.90. The van der Waals surface area contributed by atoms with Gasteiger partial charge in [-0.05, 0) is 55.3 Å². The molecule has 7 nitrogen and oxygen atoms in total. The molecule has 0 unspecified atom stereocenters. The molecule has 8 heteroatoms. The average molecular weight is 486 g/mol. The number of hydrogen-bond acceptors (Lipinski definition) is 6. The van der Waals surface area contributed by atoms with Gasteiger partial charge in [-0.25, -0.2) is 4.99 Å². The van der Waals surface area contributed by atoms with Gasteiger partial charge in [-0.1, -0.05) is 41.7 Å². The quantitative estimate of drug-likeness (QED) is 0.466. The maximum atomic E-state index is 13.6. The van der Waals surface area contributed by atoms with Gasteiger partial charge in [-0.15, -0.1) is 0 Å². The Labute approximate surface area is 205 Å². The van der Waals surface area contributed by atoms with Gasteiger partial charge in [0.05, 0.1) is 41.5 Å². The number of rotatable bonds is 5. The second kappa shape index (κ2) is 9.23. The summed E-state index contributed by atoms with van der Waals surface area (Å²) in [5.74, 6) is 0.387. The van der Waals surface area contributed by atoms with E-state index in [0.717, 1.165) is 16.7 Å². The van der Waals surface area contributed by atoms with Gasteiger partial charge in [0.2, 0.25) is 0 Å². The summed E-state index contributed by atoms with van der Waals surface area (Å²) < 4.78 is 12.6. The number of fused-ring (bicyclic) bond motifs is 1. The smallest absolute Gasteiger partial charge is 0.271 e. The molecule has 0 fully saturated rings. The first-order valence-electron chi connectivity index (χ1n) is 11.0. The molecule has 4 aromatic rings. The standard InChI is InChI=1S/C27H23N3O4S/c1-16-6-4-5-7-21(16)29-25(31)23-17(2)28-27-30(24(23)19-8-10-20(33-3)11-9-19)26(32)22(35-27)14-18-12-13-34-15-18/h4-15,24H,1-3H3,(H,29,31)/b22-14+/t24-/m0/s1. The van der Waals surface area contributed by atoms with Gasteiger partial charge in [0.15, 0.2) is 4.80 Å². The Balaban J connectivity index is 1.68. The number of methoxy groups -OCH3 is 1. The van der Waals surface area contributed by atoms with E-state index < -0.39 is 6.04 Å². The van der Waals surface area contributed by atoms with Gasteiger partial charge >= 0.3 is 0 Å².